The molecule has 1 aromatic heterocycles. The highest BCUT2D eigenvalue weighted by molar-refractivity contribution is 6.32. The molecule has 5 heteroatoms. The van der Waals surface area contributed by atoms with Crippen molar-refractivity contribution in [2.45, 2.75) is 12.8 Å². The number of nitrogens with zero attached hydrogens (tertiary/aromatic N) is 1. The lowest BCUT2D eigenvalue weighted by Gasteiger charge is -2.22. The van der Waals surface area contributed by atoms with Gasteiger partial charge in [0.15, 0.2) is 0 Å². The molecule has 1 atom stereocenters. The zero-order valence-corrected chi connectivity index (χ0v) is 10.3. The number of hydrogen-bond donors (Lipinski definition) is 2. The molecule has 0 spiro atoms. The summed E-state index contributed by atoms with van der Waals surface area (Å²) >= 11 is 5.86. The molecule has 92 valence electrons. The van der Waals surface area contributed by atoms with Crippen LogP contribution in [0.15, 0.2) is 18.3 Å². The van der Waals surface area contributed by atoms with Crippen LogP contribution >= 0.6 is 11.6 Å². The molecule has 0 aromatic carbocycles. The molecular weight excluding hydrogens is 238 g/mol. The Labute approximate surface area is 106 Å². The van der Waals surface area contributed by atoms with Crippen LogP contribution in [0.3, 0.4) is 0 Å². The number of pyridine rings is 1. The lowest BCUT2D eigenvalue weighted by Crippen LogP contribution is -2.38. The van der Waals surface area contributed by atoms with Crippen molar-refractivity contribution >= 4 is 17.5 Å². The first kappa shape index (κ1) is 12.3. The van der Waals surface area contributed by atoms with E-state index in [9.17, 15) is 4.79 Å². The van der Waals surface area contributed by atoms with Crippen molar-refractivity contribution < 1.29 is 4.79 Å². The van der Waals surface area contributed by atoms with Gasteiger partial charge in [0.2, 0.25) is 0 Å². The van der Waals surface area contributed by atoms with Crippen molar-refractivity contribution in [2.75, 3.05) is 19.6 Å². The quantitative estimate of drug-likeness (QED) is 0.802. The number of amides is 1. The fraction of sp³-hybridized carbons (Fsp3) is 0.500. The van der Waals surface area contributed by atoms with Gasteiger partial charge in [0.25, 0.3) is 5.91 Å². The maximum Gasteiger partial charge on any atom is 0.254 e. The maximum absolute atomic E-state index is 11.9. The number of halogens is 1. The van der Waals surface area contributed by atoms with E-state index >= 15 is 0 Å². The van der Waals surface area contributed by atoms with E-state index in [0.29, 0.717) is 18.0 Å². The van der Waals surface area contributed by atoms with Gasteiger partial charge in [-0.1, -0.05) is 11.6 Å². The summed E-state index contributed by atoms with van der Waals surface area (Å²) in [6.07, 6.45) is 3.91. The Morgan fingerprint density at radius 3 is 3.24 bits per heavy atom. The second-order valence-electron chi connectivity index (χ2n) is 4.26. The molecule has 0 unspecified atom stereocenters. The van der Waals surface area contributed by atoms with Crippen molar-refractivity contribution in [3.8, 4) is 0 Å². The van der Waals surface area contributed by atoms with E-state index in [1.807, 2.05) is 0 Å². The van der Waals surface area contributed by atoms with Crippen LogP contribution in [-0.4, -0.2) is 30.5 Å². The smallest absolute Gasteiger partial charge is 0.254 e. The summed E-state index contributed by atoms with van der Waals surface area (Å²) in [7, 11) is 0. The molecule has 17 heavy (non-hydrogen) atoms. The summed E-state index contributed by atoms with van der Waals surface area (Å²) in [5.74, 6) is 0.372. The lowest BCUT2D eigenvalue weighted by atomic mass is 10.00. The van der Waals surface area contributed by atoms with Gasteiger partial charge in [-0.15, -0.1) is 0 Å². The lowest BCUT2D eigenvalue weighted by molar-refractivity contribution is 0.0944. The minimum Gasteiger partial charge on any atom is -0.352 e. The summed E-state index contributed by atoms with van der Waals surface area (Å²) in [5, 5.41) is 6.48. The Morgan fingerprint density at radius 1 is 1.65 bits per heavy atom. The van der Waals surface area contributed by atoms with Gasteiger partial charge in [-0.05, 0) is 44.0 Å². The molecule has 0 aliphatic carbocycles. The number of hydrogen-bond acceptors (Lipinski definition) is 3. The van der Waals surface area contributed by atoms with Crippen molar-refractivity contribution in [1.82, 2.24) is 15.6 Å². The molecule has 0 saturated carbocycles. The van der Waals surface area contributed by atoms with Crippen LogP contribution in [0.4, 0.5) is 0 Å². The van der Waals surface area contributed by atoms with Gasteiger partial charge in [-0.2, -0.15) is 0 Å². The molecule has 4 nitrogen and oxygen atoms in total. The average Bonchev–Trinajstić information content (AvgIpc) is 2.38. The summed E-state index contributed by atoms with van der Waals surface area (Å²) < 4.78 is 0. The maximum atomic E-state index is 11.9. The first-order chi connectivity index (χ1) is 8.27. The van der Waals surface area contributed by atoms with Gasteiger partial charge >= 0.3 is 0 Å². The minimum atomic E-state index is -0.145. The number of piperidine rings is 1. The molecule has 1 amide bonds. The SMILES string of the molecule is O=C(NC[C@H]1CCCNC1)c1cccnc1Cl. The van der Waals surface area contributed by atoms with Crippen molar-refractivity contribution in [2.24, 2.45) is 5.92 Å². The number of rotatable bonds is 3. The third kappa shape index (κ3) is 3.41. The topological polar surface area (TPSA) is 54.0 Å². The van der Waals surface area contributed by atoms with Crippen LogP contribution in [0.1, 0.15) is 23.2 Å². The van der Waals surface area contributed by atoms with Crippen LogP contribution in [-0.2, 0) is 0 Å². The number of carbonyl (C=O) groups excluding carboxylic acids is 1. The fourth-order valence-corrected chi connectivity index (χ4v) is 2.19. The van der Waals surface area contributed by atoms with Gasteiger partial charge in [0.1, 0.15) is 5.15 Å². The summed E-state index contributed by atoms with van der Waals surface area (Å²) in [6.45, 7) is 2.75. The van der Waals surface area contributed by atoms with Crippen molar-refractivity contribution in [1.29, 1.82) is 0 Å². The van der Waals surface area contributed by atoms with E-state index in [1.54, 1.807) is 18.3 Å². The highest BCUT2D eigenvalue weighted by Crippen LogP contribution is 2.12. The average molecular weight is 254 g/mol. The Balaban J connectivity index is 1.87. The van der Waals surface area contributed by atoms with Crippen LogP contribution in [0.2, 0.25) is 5.15 Å². The van der Waals surface area contributed by atoms with Gasteiger partial charge in [0, 0.05) is 12.7 Å². The van der Waals surface area contributed by atoms with E-state index in [1.165, 1.54) is 6.42 Å². The number of aromatic nitrogens is 1. The first-order valence-electron chi connectivity index (χ1n) is 5.87. The minimum absolute atomic E-state index is 0.145. The molecule has 1 aliphatic rings. The summed E-state index contributed by atoms with van der Waals surface area (Å²) in [4.78, 5) is 15.7. The van der Waals surface area contributed by atoms with E-state index < -0.39 is 0 Å². The molecule has 0 bridgehead atoms. The molecular formula is C12H16ClN3O. The predicted octanol–water partition coefficient (Wildman–Crippen LogP) is 1.46. The van der Waals surface area contributed by atoms with Gasteiger partial charge in [-0.25, -0.2) is 4.98 Å². The standard InChI is InChI=1S/C12H16ClN3O/c13-11-10(4-2-6-15-11)12(17)16-8-9-3-1-5-14-7-9/h2,4,6,9,14H,1,3,5,7-8H2,(H,16,17)/t9-/m0/s1. The van der Waals surface area contributed by atoms with Crippen LogP contribution in [0.25, 0.3) is 0 Å². The zero-order chi connectivity index (χ0) is 12.1. The number of carbonyl (C=O) groups is 1. The molecule has 1 saturated heterocycles. The zero-order valence-electron chi connectivity index (χ0n) is 9.58. The molecule has 2 N–H and O–H groups in total. The fourth-order valence-electron chi connectivity index (χ4n) is 1.99. The summed E-state index contributed by atoms with van der Waals surface area (Å²) in [6, 6.07) is 3.40. The van der Waals surface area contributed by atoms with Crippen LogP contribution in [0, 0.1) is 5.92 Å². The second-order valence-corrected chi connectivity index (χ2v) is 4.62. The first-order valence-corrected chi connectivity index (χ1v) is 6.24. The highest BCUT2D eigenvalue weighted by Gasteiger charge is 2.15. The predicted molar refractivity (Wildman–Crippen MR) is 67.2 cm³/mol. The Bertz CT molecular complexity index is 391. The van der Waals surface area contributed by atoms with E-state index in [4.69, 9.17) is 11.6 Å². The van der Waals surface area contributed by atoms with E-state index in [-0.39, 0.29) is 11.1 Å². The molecule has 1 aliphatic heterocycles. The summed E-state index contributed by atoms with van der Waals surface area (Å²) in [5.41, 5.74) is 0.443. The van der Waals surface area contributed by atoms with Crippen LogP contribution < -0.4 is 10.6 Å². The van der Waals surface area contributed by atoms with Crippen molar-refractivity contribution in [3.05, 3.63) is 29.0 Å². The highest BCUT2D eigenvalue weighted by atomic mass is 35.5. The Morgan fingerprint density at radius 2 is 2.53 bits per heavy atom. The molecule has 1 fully saturated rings. The third-order valence-electron chi connectivity index (χ3n) is 2.95. The monoisotopic (exact) mass is 253 g/mol. The molecule has 1 aromatic rings. The van der Waals surface area contributed by atoms with Crippen molar-refractivity contribution in [3.63, 3.8) is 0 Å². The van der Waals surface area contributed by atoms with Gasteiger partial charge in [0.05, 0.1) is 5.56 Å². The normalized spacial score (nSPS) is 19.9. The largest absolute Gasteiger partial charge is 0.352 e. The van der Waals surface area contributed by atoms with E-state index in [2.05, 4.69) is 15.6 Å². The Hall–Kier alpha value is -1.13. The Kier molecular flexibility index (Phi) is 4.34. The van der Waals surface area contributed by atoms with Gasteiger partial charge in [-0.3, -0.25) is 4.79 Å². The van der Waals surface area contributed by atoms with E-state index in [0.717, 1.165) is 19.5 Å². The third-order valence-corrected chi connectivity index (χ3v) is 3.26. The second kappa shape index (κ2) is 5.98. The molecule has 0 radical (unpaired) electrons. The van der Waals surface area contributed by atoms with Crippen LogP contribution in [0.5, 0.6) is 0 Å². The van der Waals surface area contributed by atoms with Gasteiger partial charge < -0.3 is 10.6 Å². The molecule has 2 heterocycles. The molecule has 2 rings (SSSR count). The number of nitrogens with one attached hydrogen (secondary N) is 2.